The van der Waals surface area contributed by atoms with Gasteiger partial charge in [-0.15, -0.1) is 0 Å². The lowest BCUT2D eigenvalue weighted by Gasteiger charge is -2.05. The molecule has 4 nitrogen and oxygen atoms in total. The number of carbonyl (C=O) groups is 2. The predicted molar refractivity (Wildman–Crippen MR) is 95.6 cm³/mol. The van der Waals surface area contributed by atoms with Crippen molar-refractivity contribution in [3.63, 3.8) is 0 Å². The maximum Gasteiger partial charge on any atom is 0.235 e. The average molecular weight is 392 g/mol. The van der Waals surface area contributed by atoms with Crippen LogP contribution in [0.15, 0.2) is 48.5 Å². The number of ketones is 1. The Hall–Kier alpha value is -2.11. The van der Waals surface area contributed by atoms with E-state index in [2.05, 4.69) is 26.2 Å². The largest absolute Gasteiger partial charge is 0.350 e. The second kappa shape index (κ2) is 6.56. The summed E-state index contributed by atoms with van der Waals surface area (Å²) in [6.07, 6.45) is 0. The SMILES string of the molecule is O=C(CBr)Nc1c(C(=O)c2ccccc2)[nH]c2cc(Cl)ccc12. The molecule has 6 heteroatoms. The summed E-state index contributed by atoms with van der Waals surface area (Å²) in [5.74, 6) is -0.425. The molecule has 116 valence electrons. The van der Waals surface area contributed by atoms with E-state index in [1.54, 1.807) is 42.5 Å². The predicted octanol–water partition coefficient (Wildman–Crippen LogP) is 4.39. The summed E-state index contributed by atoms with van der Waals surface area (Å²) >= 11 is 9.12. The number of halogens is 2. The third kappa shape index (κ3) is 3.16. The minimum Gasteiger partial charge on any atom is -0.350 e. The number of nitrogens with one attached hydrogen (secondary N) is 2. The first-order valence-corrected chi connectivity index (χ1v) is 8.37. The smallest absolute Gasteiger partial charge is 0.235 e. The van der Waals surface area contributed by atoms with Crippen LogP contribution in [0.5, 0.6) is 0 Å². The van der Waals surface area contributed by atoms with Crippen LogP contribution in [0.1, 0.15) is 16.1 Å². The molecule has 0 aliphatic carbocycles. The molecule has 23 heavy (non-hydrogen) atoms. The van der Waals surface area contributed by atoms with E-state index < -0.39 is 0 Å². The Morgan fingerprint density at radius 3 is 2.57 bits per heavy atom. The summed E-state index contributed by atoms with van der Waals surface area (Å²) < 4.78 is 0. The monoisotopic (exact) mass is 390 g/mol. The molecular formula is C17H12BrClN2O2. The Labute approximate surface area is 146 Å². The zero-order valence-corrected chi connectivity index (χ0v) is 14.2. The molecule has 1 heterocycles. The van der Waals surface area contributed by atoms with Crippen LogP contribution >= 0.6 is 27.5 Å². The summed E-state index contributed by atoms with van der Waals surface area (Å²) in [5, 5.41) is 4.21. The molecule has 0 aliphatic heterocycles. The molecule has 0 bridgehead atoms. The second-order valence-corrected chi connectivity index (χ2v) is 5.94. The van der Waals surface area contributed by atoms with Gasteiger partial charge in [-0.05, 0) is 18.2 Å². The molecular weight excluding hydrogens is 380 g/mol. The third-order valence-electron chi connectivity index (χ3n) is 3.41. The van der Waals surface area contributed by atoms with Crippen molar-refractivity contribution in [1.29, 1.82) is 0 Å². The van der Waals surface area contributed by atoms with Gasteiger partial charge in [0.1, 0.15) is 5.69 Å². The normalized spacial score (nSPS) is 10.7. The molecule has 0 atom stereocenters. The number of H-pyrrole nitrogens is 1. The third-order valence-corrected chi connectivity index (χ3v) is 4.15. The van der Waals surface area contributed by atoms with Crippen LogP contribution < -0.4 is 5.32 Å². The maximum atomic E-state index is 12.8. The van der Waals surface area contributed by atoms with Crippen molar-refractivity contribution in [3.8, 4) is 0 Å². The highest BCUT2D eigenvalue weighted by Crippen LogP contribution is 2.31. The van der Waals surface area contributed by atoms with E-state index in [0.29, 0.717) is 27.5 Å². The van der Waals surface area contributed by atoms with Gasteiger partial charge in [0.25, 0.3) is 0 Å². The molecule has 0 saturated heterocycles. The number of alkyl halides is 1. The van der Waals surface area contributed by atoms with Crippen molar-refractivity contribution in [2.24, 2.45) is 0 Å². The Morgan fingerprint density at radius 2 is 1.87 bits per heavy atom. The molecule has 3 aromatic rings. The standard InChI is InChI=1S/C17H12BrClN2O2/c18-9-14(22)21-15-12-7-6-11(19)8-13(12)20-16(15)17(23)10-4-2-1-3-5-10/h1-8,20H,9H2,(H,21,22). The van der Waals surface area contributed by atoms with Crippen LogP contribution in [-0.4, -0.2) is 22.0 Å². The maximum absolute atomic E-state index is 12.8. The van der Waals surface area contributed by atoms with E-state index in [1.807, 2.05) is 6.07 Å². The number of hydrogen-bond acceptors (Lipinski definition) is 2. The van der Waals surface area contributed by atoms with E-state index in [-0.39, 0.29) is 17.0 Å². The highest BCUT2D eigenvalue weighted by Gasteiger charge is 2.20. The first-order valence-electron chi connectivity index (χ1n) is 6.87. The summed E-state index contributed by atoms with van der Waals surface area (Å²) in [5.41, 5.74) is 2.04. The van der Waals surface area contributed by atoms with Crippen LogP contribution in [0.4, 0.5) is 5.69 Å². The van der Waals surface area contributed by atoms with Crippen molar-refractivity contribution >= 4 is 55.8 Å². The fourth-order valence-corrected chi connectivity index (χ4v) is 2.69. The molecule has 2 N–H and O–H groups in total. The minimum absolute atomic E-state index is 0.145. The first kappa shape index (κ1) is 15.8. The molecule has 0 aliphatic rings. The number of benzene rings is 2. The Bertz CT molecular complexity index is 890. The van der Waals surface area contributed by atoms with Crippen LogP contribution in [0, 0.1) is 0 Å². The topological polar surface area (TPSA) is 62.0 Å². The van der Waals surface area contributed by atoms with Gasteiger partial charge in [0.2, 0.25) is 11.7 Å². The van der Waals surface area contributed by atoms with Gasteiger partial charge in [0.15, 0.2) is 0 Å². The van der Waals surface area contributed by atoms with Crippen molar-refractivity contribution in [1.82, 2.24) is 4.98 Å². The van der Waals surface area contributed by atoms with Crippen LogP contribution in [0.2, 0.25) is 5.02 Å². The zero-order chi connectivity index (χ0) is 16.4. The van der Waals surface area contributed by atoms with Gasteiger partial charge in [-0.2, -0.15) is 0 Å². The molecule has 0 radical (unpaired) electrons. The molecule has 0 spiro atoms. The number of aromatic amines is 1. The second-order valence-electron chi connectivity index (χ2n) is 4.94. The van der Waals surface area contributed by atoms with Crippen molar-refractivity contribution in [3.05, 3.63) is 64.8 Å². The number of amides is 1. The number of hydrogen-bond donors (Lipinski definition) is 2. The van der Waals surface area contributed by atoms with E-state index in [9.17, 15) is 9.59 Å². The Kier molecular flexibility index (Phi) is 4.50. The number of carbonyl (C=O) groups excluding carboxylic acids is 2. The Morgan fingerprint density at radius 1 is 1.13 bits per heavy atom. The fourth-order valence-electron chi connectivity index (χ4n) is 2.38. The van der Waals surface area contributed by atoms with Crippen LogP contribution in [0.25, 0.3) is 10.9 Å². The molecule has 0 unspecified atom stereocenters. The van der Waals surface area contributed by atoms with Gasteiger partial charge in [0, 0.05) is 21.5 Å². The molecule has 1 aromatic heterocycles. The molecule has 1 amide bonds. The van der Waals surface area contributed by atoms with Gasteiger partial charge in [0.05, 0.1) is 11.0 Å². The molecule has 2 aromatic carbocycles. The molecule has 0 fully saturated rings. The average Bonchev–Trinajstić information content (AvgIpc) is 2.92. The van der Waals surface area contributed by atoms with Gasteiger partial charge in [-0.1, -0.05) is 57.9 Å². The summed E-state index contributed by atoms with van der Waals surface area (Å²) in [6, 6.07) is 14.1. The summed E-state index contributed by atoms with van der Waals surface area (Å²) in [4.78, 5) is 27.6. The highest BCUT2D eigenvalue weighted by molar-refractivity contribution is 9.09. The molecule has 0 saturated carbocycles. The summed E-state index contributed by atoms with van der Waals surface area (Å²) in [7, 11) is 0. The number of fused-ring (bicyclic) bond motifs is 1. The van der Waals surface area contributed by atoms with Gasteiger partial charge >= 0.3 is 0 Å². The van der Waals surface area contributed by atoms with Crippen molar-refractivity contribution in [2.75, 3.05) is 10.6 Å². The van der Waals surface area contributed by atoms with Crippen molar-refractivity contribution in [2.45, 2.75) is 0 Å². The lowest BCUT2D eigenvalue weighted by atomic mass is 10.1. The number of rotatable bonds is 4. The highest BCUT2D eigenvalue weighted by atomic mass is 79.9. The minimum atomic E-state index is -0.233. The zero-order valence-electron chi connectivity index (χ0n) is 11.9. The lowest BCUT2D eigenvalue weighted by molar-refractivity contribution is -0.113. The summed E-state index contributed by atoms with van der Waals surface area (Å²) in [6.45, 7) is 0. The van der Waals surface area contributed by atoms with Gasteiger partial charge in [-0.25, -0.2) is 0 Å². The van der Waals surface area contributed by atoms with E-state index >= 15 is 0 Å². The van der Waals surface area contributed by atoms with Crippen molar-refractivity contribution < 1.29 is 9.59 Å². The van der Waals surface area contributed by atoms with E-state index in [1.165, 1.54) is 0 Å². The van der Waals surface area contributed by atoms with Gasteiger partial charge in [-0.3, -0.25) is 9.59 Å². The lowest BCUT2D eigenvalue weighted by Crippen LogP contribution is -2.15. The first-order chi connectivity index (χ1) is 11.1. The number of aromatic nitrogens is 1. The molecule has 3 rings (SSSR count). The van der Waals surface area contributed by atoms with E-state index in [4.69, 9.17) is 11.6 Å². The van der Waals surface area contributed by atoms with Crippen LogP contribution in [-0.2, 0) is 4.79 Å². The fraction of sp³-hybridized carbons (Fsp3) is 0.0588. The number of anilines is 1. The quantitative estimate of drug-likeness (QED) is 0.512. The van der Waals surface area contributed by atoms with Crippen LogP contribution in [0.3, 0.4) is 0 Å². The van der Waals surface area contributed by atoms with E-state index in [0.717, 1.165) is 5.39 Å². The Balaban J connectivity index is 2.16. The van der Waals surface area contributed by atoms with Gasteiger partial charge < -0.3 is 10.3 Å².